The molecule has 0 atom stereocenters. The van der Waals surface area contributed by atoms with E-state index in [1.54, 1.807) is 6.08 Å². The number of rotatable bonds is 12. The van der Waals surface area contributed by atoms with Crippen LogP contribution >= 0.6 is 0 Å². The Kier molecular flexibility index (Phi) is 12.7. The van der Waals surface area contributed by atoms with E-state index in [9.17, 15) is 0 Å². The van der Waals surface area contributed by atoms with Gasteiger partial charge < -0.3 is 5.73 Å². The Balaban J connectivity index is 3.06. The molecule has 0 unspecified atom stereocenters. The normalized spacial score (nSPS) is 11.7. The monoisotopic (exact) mass is 238 g/mol. The minimum atomic E-state index is 0.570. The van der Waals surface area contributed by atoms with E-state index in [-0.39, 0.29) is 0 Å². The molecule has 2 N–H and O–H groups in total. The number of hydrogen-bond donors (Lipinski definition) is 1. The zero-order valence-electron chi connectivity index (χ0n) is 11.6. The van der Waals surface area contributed by atoms with Crippen LogP contribution in [0.15, 0.2) is 17.6 Å². The summed E-state index contributed by atoms with van der Waals surface area (Å²) in [5.74, 6) is 0.570. The number of unbranched alkanes of at least 4 members (excludes halogenated alkanes) is 9. The minimum absolute atomic E-state index is 0.570. The summed E-state index contributed by atoms with van der Waals surface area (Å²) >= 11 is 0. The van der Waals surface area contributed by atoms with Crippen molar-refractivity contribution in [2.75, 3.05) is 6.54 Å². The van der Waals surface area contributed by atoms with Crippen LogP contribution in [0.4, 0.5) is 0 Å². The van der Waals surface area contributed by atoms with E-state index >= 15 is 0 Å². The van der Waals surface area contributed by atoms with E-state index in [4.69, 9.17) is 5.73 Å². The number of amidine groups is 1. The van der Waals surface area contributed by atoms with Crippen LogP contribution in [-0.2, 0) is 0 Å². The summed E-state index contributed by atoms with van der Waals surface area (Å²) in [6.07, 6.45) is 15.2. The van der Waals surface area contributed by atoms with Gasteiger partial charge in [-0.05, 0) is 12.5 Å². The van der Waals surface area contributed by atoms with Gasteiger partial charge in [0.25, 0.3) is 0 Å². The van der Waals surface area contributed by atoms with Crippen molar-refractivity contribution in [1.29, 1.82) is 0 Å². The molecule has 0 aromatic rings. The first-order chi connectivity index (χ1) is 8.31. The molecule has 0 aliphatic rings. The second-order valence-electron chi connectivity index (χ2n) is 4.69. The maximum Gasteiger partial charge on any atom is 0.117 e. The van der Waals surface area contributed by atoms with Gasteiger partial charge in [0.2, 0.25) is 0 Å². The van der Waals surface area contributed by atoms with Gasteiger partial charge in [0.05, 0.1) is 0 Å². The quantitative estimate of drug-likeness (QED) is 0.304. The van der Waals surface area contributed by atoms with E-state index in [0.717, 1.165) is 13.0 Å². The second-order valence-corrected chi connectivity index (χ2v) is 4.69. The van der Waals surface area contributed by atoms with Gasteiger partial charge in [-0.2, -0.15) is 0 Å². The van der Waals surface area contributed by atoms with Gasteiger partial charge in [0.15, 0.2) is 0 Å². The first kappa shape index (κ1) is 16.2. The van der Waals surface area contributed by atoms with Gasteiger partial charge in [-0.15, -0.1) is 0 Å². The smallest absolute Gasteiger partial charge is 0.117 e. The molecule has 17 heavy (non-hydrogen) atoms. The summed E-state index contributed by atoms with van der Waals surface area (Å²) < 4.78 is 0. The molecule has 0 aromatic heterocycles. The van der Waals surface area contributed by atoms with Gasteiger partial charge >= 0.3 is 0 Å². The Bertz CT molecular complexity index is 197. The average Bonchev–Trinajstić information content (AvgIpc) is 2.35. The predicted molar refractivity (Wildman–Crippen MR) is 78.5 cm³/mol. The molecule has 0 aliphatic heterocycles. The van der Waals surface area contributed by atoms with Crippen molar-refractivity contribution in [3.63, 3.8) is 0 Å². The third kappa shape index (κ3) is 13.1. The van der Waals surface area contributed by atoms with Gasteiger partial charge in [-0.1, -0.05) is 71.3 Å². The lowest BCUT2D eigenvalue weighted by molar-refractivity contribution is 0.558. The van der Waals surface area contributed by atoms with E-state index in [2.05, 4.69) is 18.5 Å². The van der Waals surface area contributed by atoms with Crippen molar-refractivity contribution in [2.45, 2.75) is 71.1 Å². The Morgan fingerprint density at radius 1 is 0.941 bits per heavy atom. The lowest BCUT2D eigenvalue weighted by atomic mass is 10.1. The topological polar surface area (TPSA) is 38.4 Å². The minimum Gasteiger partial charge on any atom is -0.384 e. The molecule has 0 saturated heterocycles. The molecule has 100 valence electrons. The van der Waals surface area contributed by atoms with E-state index in [0.29, 0.717) is 5.84 Å². The van der Waals surface area contributed by atoms with Crippen LogP contribution in [0.1, 0.15) is 71.1 Å². The second kappa shape index (κ2) is 13.3. The van der Waals surface area contributed by atoms with E-state index < -0.39 is 0 Å². The molecular formula is C15H30N2. The van der Waals surface area contributed by atoms with E-state index in [1.807, 2.05) is 0 Å². The van der Waals surface area contributed by atoms with Crippen LogP contribution in [0.25, 0.3) is 0 Å². The number of nitrogens with zero attached hydrogens (tertiary/aromatic N) is 1. The van der Waals surface area contributed by atoms with E-state index in [1.165, 1.54) is 57.8 Å². The number of nitrogens with two attached hydrogens (primary N) is 1. The maximum absolute atomic E-state index is 5.53. The van der Waals surface area contributed by atoms with Crippen molar-refractivity contribution in [1.82, 2.24) is 0 Å². The van der Waals surface area contributed by atoms with Crippen molar-refractivity contribution in [3.05, 3.63) is 12.7 Å². The van der Waals surface area contributed by atoms with Crippen molar-refractivity contribution < 1.29 is 0 Å². The van der Waals surface area contributed by atoms with Crippen LogP contribution in [-0.4, -0.2) is 12.4 Å². The summed E-state index contributed by atoms with van der Waals surface area (Å²) in [6.45, 7) is 6.70. The summed E-state index contributed by atoms with van der Waals surface area (Å²) in [4.78, 5) is 4.19. The number of hydrogen-bond acceptors (Lipinski definition) is 1. The van der Waals surface area contributed by atoms with Gasteiger partial charge in [-0.25, -0.2) is 0 Å². The average molecular weight is 238 g/mol. The van der Waals surface area contributed by atoms with Gasteiger partial charge in [0, 0.05) is 6.54 Å². The zero-order valence-corrected chi connectivity index (χ0v) is 11.6. The van der Waals surface area contributed by atoms with Crippen molar-refractivity contribution >= 4 is 5.84 Å². The molecule has 0 saturated carbocycles. The SMILES string of the molecule is C=CC(N)=NCCCCCCCCCCCC. The Labute approximate surface area is 107 Å². The summed E-state index contributed by atoms with van der Waals surface area (Å²) in [5.41, 5.74) is 5.53. The molecule has 2 heteroatoms. The lowest BCUT2D eigenvalue weighted by Crippen LogP contribution is -2.07. The fraction of sp³-hybridized carbons (Fsp3) is 0.800. The predicted octanol–water partition coefficient (Wildman–Crippen LogP) is 4.45. The highest BCUT2D eigenvalue weighted by molar-refractivity contribution is 5.90. The lowest BCUT2D eigenvalue weighted by Gasteiger charge is -2.01. The highest BCUT2D eigenvalue weighted by Crippen LogP contribution is 2.10. The van der Waals surface area contributed by atoms with Crippen molar-refractivity contribution in [2.24, 2.45) is 10.7 Å². The highest BCUT2D eigenvalue weighted by Gasteiger charge is 1.92. The molecule has 0 heterocycles. The van der Waals surface area contributed by atoms with Crippen LogP contribution < -0.4 is 5.73 Å². The Morgan fingerprint density at radius 2 is 1.41 bits per heavy atom. The molecule has 0 bridgehead atoms. The van der Waals surface area contributed by atoms with Crippen LogP contribution in [0, 0.1) is 0 Å². The Hall–Kier alpha value is -0.790. The molecular weight excluding hydrogens is 208 g/mol. The van der Waals surface area contributed by atoms with Gasteiger partial charge in [-0.3, -0.25) is 4.99 Å². The fourth-order valence-electron chi connectivity index (χ4n) is 1.87. The summed E-state index contributed by atoms with van der Waals surface area (Å²) in [6, 6.07) is 0. The highest BCUT2D eigenvalue weighted by atomic mass is 14.8. The molecule has 0 rings (SSSR count). The number of aliphatic imine (C=N–C) groups is 1. The third-order valence-corrected chi connectivity index (χ3v) is 3.02. The van der Waals surface area contributed by atoms with Crippen LogP contribution in [0.5, 0.6) is 0 Å². The summed E-state index contributed by atoms with van der Waals surface area (Å²) in [5, 5.41) is 0. The van der Waals surface area contributed by atoms with Gasteiger partial charge in [0.1, 0.15) is 5.84 Å². The maximum atomic E-state index is 5.53. The molecule has 0 spiro atoms. The zero-order chi connectivity index (χ0) is 12.8. The molecule has 0 aliphatic carbocycles. The Morgan fingerprint density at radius 3 is 1.88 bits per heavy atom. The molecule has 0 fully saturated rings. The fourth-order valence-corrected chi connectivity index (χ4v) is 1.87. The molecule has 0 aromatic carbocycles. The molecule has 0 amide bonds. The molecule has 0 radical (unpaired) electrons. The first-order valence-corrected chi connectivity index (χ1v) is 7.23. The first-order valence-electron chi connectivity index (χ1n) is 7.23. The largest absolute Gasteiger partial charge is 0.384 e. The standard InChI is InChI=1S/C15H30N2/c1-3-5-6-7-8-9-10-11-12-13-14-17-15(16)4-2/h4H,2-3,5-14H2,1H3,(H2,16,17). The third-order valence-electron chi connectivity index (χ3n) is 3.02. The van der Waals surface area contributed by atoms with Crippen LogP contribution in [0.3, 0.4) is 0 Å². The van der Waals surface area contributed by atoms with Crippen molar-refractivity contribution in [3.8, 4) is 0 Å². The summed E-state index contributed by atoms with van der Waals surface area (Å²) in [7, 11) is 0. The van der Waals surface area contributed by atoms with Crippen LogP contribution in [0.2, 0.25) is 0 Å². The molecule has 2 nitrogen and oxygen atoms in total.